The smallest absolute Gasteiger partial charge is 0.244 e. The topological polar surface area (TPSA) is 87.4 Å². The second-order valence-corrected chi connectivity index (χ2v) is 6.21. The standard InChI is InChI=1S/C17H20N6O/c1-11-4-5-13(15(24)9-11)16-14-6-8-19-23(14)17(22-21-16)20-12-3-2-7-18-10-12/h4-6,8-9,12,18,24H,2-3,7,10H2,1H3,(H,20,22)/t12-/m1/s1. The van der Waals surface area contributed by atoms with Crippen LogP contribution in [-0.4, -0.2) is 44.0 Å². The van der Waals surface area contributed by atoms with Crippen LogP contribution in [0.1, 0.15) is 18.4 Å². The average molecular weight is 324 g/mol. The van der Waals surface area contributed by atoms with Gasteiger partial charge in [-0.15, -0.1) is 10.2 Å². The summed E-state index contributed by atoms with van der Waals surface area (Å²) in [6.45, 7) is 3.91. The van der Waals surface area contributed by atoms with E-state index in [4.69, 9.17) is 0 Å². The summed E-state index contributed by atoms with van der Waals surface area (Å²) in [7, 11) is 0. The van der Waals surface area contributed by atoms with Crippen LogP contribution in [0.2, 0.25) is 0 Å². The first-order chi connectivity index (χ1) is 11.7. The molecule has 0 aliphatic carbocycles. The zero-order chi connectivity index (χ0) is 16.5. The molecule has 1 atom stereocenters. The molecule has 4 rings (SSSR count). The molecule has 3 heterocycles. The normalized spacial score (nSPS) is 18.0. The second kappa shape index (κ2) is 6.09. The van der Waals surface area contributed by atoms with Gasteiger partial charge >= 0.3 is 0 Å². The number of phenolic OH excluding ortho intramolecular Hbond substituents is 1. The average Bonchev–Trinajstić information content (AvgIpc) is 3.07. The quantitative estimate of drug-likeness (QED) is 0.683. The summed E-state index contributed by atoms with van der Waals surface area (Å²) >= 11 is 0. The van der Waals surface area contributed by atoms with E-state index in [-0.39, 0.29) is 5.75 Å². The summed E-state index contributed by atoms with van der Waals surface area (Å²) in [5.74, 6) is 0.823. The van der Waals surface area contributed by atoms with Crippen LogP contribution in [0.3, 0.4) is 0 Å². The minimum atomic E-state index is 0.199. The highest BCUT2D eigenvalue weighted by atomic mass is 16.3. The third-order valence-corrected chi connectivity index (χ3v) is 4.37. The van der Waals surface area contributed by atoms with E-state index in [9.17, 15) is 5.11 Å². The lowest BCUT2D eigenvalue weighted by atomic mass is 10.1. The molecule has 3 aromatic rings. The molecule has 7 nitrogen and oxygen atoms in total. The van der Waals surface area contributed by atoms with Crippen molar-refractivity contribution in [3.05, 3.63) is 36.0 Å². The number of phenols is 1. The minimum absolute atomic E-state index is 0.199. The molecule has 0 bridgehead atoms. The molecule has 2 aromatic heterocycles. The maximum atomic E-state index is 10.3. The van der Waals surface area contributed by atoms with E-state index in [1.807, 2.05) is 25.1 Å². The number of hydrogen-bond donors (Lipinski definition) is 3. The van der Waals surface area contributed by atoms with E-state index in [0.29, 0.717) is 23.2 Å². The van der Waals surface area contributed by atoms with Gasteiger partial charge in [0, 0.05) is 18.2 Å². The van der Waals surface area contributed by atoms with E-state index >= 15 is 0 Å². The third kappa shape index (κ3) is 2.67. The number of rotatable bonds is 3. The lowest BCUT2D eigenvalue weighted by molar-refractivity contribution is 0.475. The predicted molar refractivity (Wildman–Crippen MR) is 92.1 cm³/mol. The van der Waals surface area contributed by atoms with Gasteiger partial charge in [-0.25, -0.2) is 0 Å². The fourth-order valence-corrected chi connectivity index (χ4v) is 3.12. The second-order valence-electron chi connectivity index (χ2n) is 6.21. The van der Waals surface area contributed by atoms with Gasteiger partial charge < -0.3 is 15.7 Å². The molecular formula is C17H20N6O. The molecule has 7 heteroatoms. The van der Waals surface area contributed by atoms with Gasteiger partial charge in [0.15, 0.2) is 0 Å². The molecule has 0 saturated carbocycles. The number of hydrogen-bond acceptors (Lipinski definition) is 6. The molecule has 0 spiro atoms. The number of benzene rings is 1. The van der Waals surface area contributed by atoms with E-state index in [0.717, 1.165) is 37.0 Å². The lowest BCUT2D eigenvalue weighted by Gasteiger charge is -2.24. The molecule has 1 saturated heterocycles. The fourth-order valence-electron chi connectivity index (χ4n) is 3.12. The third-order valence-electron chi connectivity index (χ3n) is 4.37. The summed E-state index contributed by atoms with van der Waals surface area (Å²) in [6, 6.07) is 7.74. The molecule has 1 aliphatic rings. The number of fused-ring (bicyclic) bond motifs is 1. The number of aromatic nitrogens is 4. The van der Waals surface area contributed by atoms with Crippen molar-refractivity contribution in [3.63, 3.8) is 0 Å². The van der Waals surface area contributed by atoms with Crippen molar-refractivity contribution in [1.82, 2.24) is 25.1 Å². The highest BCUT2D eigenvalue weighted by Crippen LogP contribution is 2.31. The number of aryl methyl sites for hydroxylation is 1. The Bertz CT molecular complexity index is 869. The number of piperidine rings is 1. The van der Waals surface area contributed by atoms with E-state index < -0.39 is 0 Å². The van der Waals surface area contributed by atoms with Crippen LogP contribution in [0, 0.1) is 6.92 Å². The fraction of sp³-hybridized carbons (Fsp3) is 0.353. The first-order valence-electron chi connectivity index (χ1n) is 8.20. The summed E-state index contributed by atoms with van der Waals surface area (Å²) in [4.78, 5) is 0. The van der Waals surface area contributed by atoms with Gasteiger partial charge in [-0.3, -0.25) is 0 Å². The summed E-state index contributed by atoms with van der Waals surface area (Å²) < 4.78 is 1.75. The van der Waals surface area contributed by atoms with E-state index in [1.54, 1.807) is 16.8 Å². The molecule has 1 fully saturated rings. The Morgan fingerprint density at radius 3 is 3.00 bits per heavy atom. The number of aromatic hydroxyl groups is 1. The summed E-state index contributed by atoms with van der Waals surface area (Å²) in [5, 5.41) is 30.1. The molecule has 0 radical (unpaired) electrons. The van der Waals surface area contributed by atoms with Gasteiger partial charge in [-0.2, -0.15) is 9.61 Å². The molecule has 0 unspecified atom stereocenters. The first-order valence-corrected chi connectivity index (χ1v) is 8.20. The van der Waals surface area contributed by atoms with Crippen molar-refractivity contribution in [2.24, 2.45) is 0 Å². The number of anilines is 1. The van der Waals surface area contributed by atoms with Gasteiger partial charge in [0.05, 0.1) is 11.7 Å². The van der Waals surface area contributed by atoms with E-state index in [1.165, 1.54) is 0 Å². The zero-order valence-electron chi connectivity index (χ0n) is 13.5. The van der Waals surface area contributed by atoms with Gasteiger partial charge in [-0.05, 0) is 50.1 Å². The van der Waals surface area contributed by atoms with Gasteiger partial charge in [0.1, 0.15) is 11.4 Å². The zero-order valence-corrected chi connectivity index (χ0v) is 13.5. The largest absolute Gasteiger partial charge is 0.507 e. The van der Waals surface area contributed by atoms with Crippen LogP contribution >= 0.6 is 0 Å². The Kier molecular flexibility index (Phi) is 3.78. The van der Waals surface area contributed by atoms with Crippen molar-refractivity contribution in [1.29, 1.82) is 0 Å². The Morgan fingerprint density at radius 1 is 1.29 bits per heavy atom. The molecule has 124 valence electrons. The lowest BCUT2D eigenvalue weighted by Crippen LogP contribution is -2.39. The highest BCUT2D eigenvalue weighted by Gasteiger charge is 2.18. The van der Waals surface area contributed by atoms with Crippen molar-refractivity contribution >= 4 is 11.5 Å². The Morgan fingerprint density at radius 2 is 2.21 bits per heavy atom. The number of nitrogens with one attached hydrogen (secondary N) is 2. The van der Waals surface area contributed by atoms with Gasteiger partial charge in [0.25, 0.3) is 0 Å². The van der Waals surface area contributed by atoms with E-state index in [2.05, 4.69) is 25.9 Å². The monoisotopic (exact) mass is 324 g/mol. The SMILES string of the molecule is Cc1ccc(-c2nnc(N[C@@H]3CCCNC3)n3nccc23)c(O)c1. The minimum Gasteiger partial charge on any atom is -0.507 e. The Hall–Kier alpha value is -2.67. The predicted octanol–water partition coefficient (Wildman–Crippen LogP) is 1.97. The van der Waals surface area contributed by atoms with Crippen LogP contribution in [-0.2, 0) is 0 Å². The molecule has 1 aromatic carbocycles. The summed E-state index contributed by atoms with van der Waals surface area (Å²) in [5.41, 5.74) is 3.09. The van der Waals surface area contributed by atoms with Crippen LogP contribution in [0.4, 0.5) is 5.95 Å². The van der Waals surface area contributed by atoms with Crippen molar-refractivity contribution in [2.45, 2.75) is 25.8 Å². The van der Waals surface area contributed by atoms with Crippen LogP contribution in [0.25, 0.3) is 16.8 Å². The number of nitrogens with zero attached hydrogens (tertiary/aromatic N) is 4. The molecular weight excluding hydrogens is 304 g/mol. The van der Waals surface area contributed by atoms with Crippen molar-refractivity contribution in [3.8, 4) is 17.0 Å². The van der Waals surface area contributed by atoms with Crippen molar-refractivity contribution in [2.75, 3.05) is 18.4 Å². The first kappa shape index (κ1) is 14.9. The highest BCUT2D eigenvalue weighted by molar-refractivity contribution is 5.80. The van der Waals surface area contributed by atoms with Crippen LogP contribution in [0.15, 0.2) is 30.5 Å². The van der Waals surface area contributed by atoms with Gasteiger partial charge in [0.2, 0.25) is 5.95 Å². The van der Waals surface area contributed by atoms with Crippen molar-refractivity contribution < 1.29 is 5.11 Å². The van der Waals surface area contributed by atoms with Crippen LogP contribution in [0.5, 0.6) is 5.75 Å². The maximum Gasteiger partial charge on any atom is 0.244 e. The van der Waals surface area contributed by atoms with Crippen LogP contribution < -0.4 is 10.6 Å². The molecule has 0 amide bonds. The molecule has 1 aliphatic heterocycles. The maximum absolute atomic E-state index is 10.3. The van der Waals surface area contributed by atoms with Gasteiger partial charge in [-0.1, -0.05) is 6.07 Å². The summed E-state index contributed by atoms with van der Waals surface area (Å²) in [6.07, 6.45) is 3.96. The Balaban J connectivity index is 1.74. The molecule has 24 heavy (non-hydrogen) atoms. The Labute approximate surface area is 139 Å². The molecule has 3 N–H and O–H groups in total.